The second-order valence-electron chi connectivity index (χ2n) is 4.77. The lowest BCUT2D eigenvalue weighted by Crippen LogP contribution is -2.46. The van der Waals surface area contributed by atoms with Crippen LogP contribution in [0.5, 0.6) is 0 Å². The summed E-state index contributed by atoms with van der Waals surface area (Å²) in [5, 5.41) is 3.31. The number of halogens is 2. The Morgan fingerprint density at radius 1 is 1.37 bits per heavy atom. The fourth-order valence-corrected chi connectivity index (χ4v) is 5.24. The van der Waals surface area contributed by atoms with Crippen LogP contribution in [0, 0.1) is 0 Å². The van der Waals surface area contributed by atoms with Gasteiger partial charge in [0.1, 0.15) is 0 Å². The Labute approximate surface area is 130 Å². The van der Waals surface area contributed by atoms with Crippen molar-refractivity contribution in [2.45, 2.75) is 36.7 Å². The Kier molecular flexibility index (Phi) is 5.05. The molecule has 1 heterocycles. The number of benzene rings is 1. The quantitative estimate of drug-likeness (QED) is 0.803. The lowest BCUT2D eigenvalue weighted by molar-refractivity contribution is 0.361. The molecular formula is C12H16Br2N2O2S. The summed E-state index contributed by atoms with van der Waals surface area (Å²) in [5.74, 6) is 0. The van der Waals surface area contributed by atoms with Gasteiger partial charge in [0.05, 0.1) is 4.90 Å². The minimum Gasteiger partial charge on any atom is -0.314 e. The number of hydrogen-bond donors (Lipinski definition) is 2. The SMILES string of the molecule is CC1CC(NS(=O)(=O)c2ccc(Br)cc2Br)CCN1. The lowest BCUT2D eigenvalue weighted by atomic mass is 10.0. The van der Waals surface area contributed by atoms with E-state index in [0.29, 0.717) is 10.5 Å². The Morgan fingerprint density at radius 2 is 2.11 bits per heavy atom. The van der Waals surface area contributed by atoms with E-state index in [0.717, 1.165) is 23.9 Å². The molecule has 2 unspecified atom stereocenters. The summed E-state index contributed by atoms with van der Waals surface area (Å²) in [5.41, 5.74) is 0. The highest BCUT2D eigenvalue weighted by Gasteiger charge is 2.25. The van der Waals surface area contributed by atoms with Crippen molar-refractivity contribution in [3.8, 4) is 0 Å². The third kappa shape index (κ3) is 4.01. The van der Waals surface area contributed by atoms with Crippen LogP contribution in [-0.2, 0) is 10.0 Å². The fourth-order valence-electron chi connectivity index (χ4n) is 2.22. The van der Waals surface area contributed by atoms with Gasteiger partial charge in [0.25, 0.3) is 0 Å². The maximum Gasteiger partial charge on any atom is 0.241 e. The normalized spacial score (nSPS) is 24.4. The molecule has 1 aromatic rings. The van der Waals surface area contributed by atoms with E-state index in [9.17, 15) is 8.42 Å². The number of nitrogens with one attached hydrogen (secondary N) is 2. The van der Waals surface area contributed by atoms with Gasteiger partial charge < -0.3 is 5.32 Å². The van der Waals surface area contributed by atoms with Crippen LogP contribution < -0.4 is 10.0 Å². The van der Waals surface area contributed by atoms with E-state index in [1.54, 1.807) is 18.2 Å². The molecule has 1 saturated heterocycles. The number of sulfonamides is 1. The second-order valence-corrected chi connectivity index (χ2v) is 8.22. The van der Waals surface area contributed by atoms with Gasteiger partial charge in [-0.25, -0.2) is 13.1 Å². The monoisotopic (exact) mass is 410 g/mol. The molecule has 0 saturated carbocycles. The van der Waals surface area contributed by atoms with E-state index in [-0.39, 0.29) is 10.9 Å². The molecule has 0 amide bonds. The zero-order chi connectivity index (χ0) is 14.0. The molecule has 1 fully saturated rings. The second kappa shape index (κ2) is 6.22. The minimum atomic E-state index is -3.48. The van der Waals surface area contributed by atoms with Crippen molar-refractivity contribution in [1.82, 2.24) is 10.0 Å². The van der Waals surface area contributed by atoms with E-state index >= 15 is 0 Å². The third-order valence-electron chi connectivity index (χ3n) is 3.13. The smallest absolute Gasteiger partial charge is 0.241 e. The highest BCUT2D eigenvalue weighted by Crippen LogP contribution is 2.26. The average molecular weight is 412 g/mol. The predicted molar refractivity (Wildman–Crippen MR) is 82.7 cm³/mol. The highest BCUT2D eigenvalue weighted by molar-refractivity contribution is 9.11. The number of hydrogen-bond acceptors (Lipinski definition) is 3. The number of rotatable bonds is 3. The van der Waals surface area contributed by atoms with Crippen molar-refractivity contribution in [2.75, 3.05) is 6.54 Å². The summed E-state index contributed by atoms with van der Waals surface area (Å²) in [4.78, 5) is 0.280. The van der Waals surface area contributed by atoms with Crippen LogP contribution in [0.25, 0.3) is 0 Å². The molecule has 7 heteroatoms. The van der Waals surface area contributed by atoms with Gasteiger partial charge in [0, 0.05) is 21.0 Å². The molecule has 2 N–H and O–H groups in total. The Balaban J connectivity index is 2.18. The first-order chi connectivity index (χ1) is 8.88. The van der Waals surface area contributed by atoms with Crippen LogP contribution in [0.4, 0.5) is 0 Å². The van der Waals surface area contributed by atoms with Crippen molar-refractivity contribution < 1.29 is 8.42 Å². The van der Waals surface area contributed by atoms with Gasteiger partial charge in [-0.2, -0.15) is 0 Å². The summed E-state index contributed by atoms with van der Waals surface area (Å²) in [7, 11) is -3.48. The molecule has 106 valence electrons. The molecule has 2 rings (SSSR count). The van der Waals surface area contributed by atoms with Gasteiger partial charge >= 0.3 is 0 Å². The van der Waals surface area contributed by atoms with E-state index < -0.39 is 10.0 Å². The van der Waals surface area contributed by atoms with Crippen LogP contribution in [0.3, 0.4) is 0 Å². The fraction of sp³-hybridized carbons (Fsp3) is 0.500. The average Bonchev–Trinajstić information content (AvgIpc) is 2.27. The van der Waals surface area contributed by atoms with Crippen LogP contribution in [0.15, 0.2) is 32.0 Å². The predicted octanol–water partition coefficient (Wildman–Crippen LogP) is 2.63. The summed E-state index contributed by atoms with van der Waals surface area (Å²) in [6.07, 6.45) is 1.63. The van der Waals surface area contributed by atoms with Gasteiger partial charge in [-0.3, -0.25) is 0 Å². The van der Waals surface area contributed by atoms with Gasteiger partial charge in [-0.1, -0.05) is 15.9 Å². The molecule has 1 aliphatic rings. The molecule has 0 spiro atoms. The molecule has 0 aliphatic carbocycles. The van der Waals surface area contributed by atoms with Gasteiger partial charge in [-0.15, -0.1) is 0 Å². The molecule has 1 aromatic carbocycles. The van der Waals surface area contributed by atoms with Gasteiger partial charge in [-0.05, 0) is 60.4 Å². The number of piperidine rings is 1. The molecule has 4 nitrogen and oxygen atoms in total. The zero-order valence-corrected chi connectivity index (χ0v) is 14.5. The lowest BCUT2D eigenvalue weighted by Gasteiger charge is -2.28. The first kappa shape index (κ1) is 15.4. The molecule has 19 heavy (non-hydrogen) atoms. The molecule has 2 atom stereocenters. The van der Waals surface area contributed by atoms with Crippen molar-refractivity contribution in [3.05, 3.63) is 27.1 Å². The van der Waals surface area contributed by atoms with Crippen LogP contribution >= 0.6 is 31.9 Å². The summed E-state index contributed by atoms with van der Waals surface area (Å²) >= 11 is 6.61. The third-order valence-corrected chi connectivity index (χ3v) is 6.12. The molecule has 1 aliphatic heterocycles. The topological polar surface area (TPSA) is 58.2 Å². The maximum atomic E-state index is 12.4. The van der Waals surface area contributed by atoms with Crippen molar-refractivity contribution in [1.29, 1.82) is 0 Å². The van der Waals surface area contributed by atoms with Crippen LogP contribution in [0.1, 0.15) is 19.8 Å². The highest BCUT2D eigenvalue weighted by atomic mass is 79.9. The maximum absolute atomic E-state index is 12.4. The first-order valence-corrected chi connectivity index (χ1v) is 9.16. The van der Waals surface area contributed by atoms with E-state index in [4.69, 9.17) is 0 Å². The summed E-state index contributed by atoms with van der Waals surface area (Å²) < 4.78 is 28.9. The molecule has 0 radical (unpaired) electrons. The van der Waals surface area contributed by atoms with Crippen molar-refractivity contribution in [3.63, 3.8) is 0 Å². The Hall–Kier alpha value is 0.0500. The van der Waals surface area contributed by atoms with E-state index in [1.807, 2.05) is 0 Å². The van der Waals surface area contributed by atoms with Crippen molar-refractivity contribution in [2.24, 2.45) is 0 Å². The van der Waals surface area contributed by atoms with E-state index in [1.165, 1.54) is 0 Å². The Morgan fingerprint density at radius 3 is 2.74 bits per heavy atom. The Bertz CT molecular complexity index is 563. The van der Waals surface area contributed by atoms with Crippen molar-refractivity contribution >= 4 is 41.9 Å². The minimum absolute atomic E-state index is 0.00297. The van der Waals surface area contributed by atoms with Crippen LogP contribution in [-0.4, -0.2) is 27.0 Å². The van der Waals surface area contributed by atoms with Gasteiger partial charge in [0.15, 0.2) is 0 Å². The summed E-state index contributed by atoms with van der Waals surface area (Å²) in [6.45, 7) is 2.91. The molecular weight excluding hydrogens is 396 g/mol. The molecule has 0 bridgehead atoms. The summed E-state index contributed by atoms with van der Waals surface area (Å²) in [6, 6.07) is 5.40. The molecule has 0 aromatic heterocycles. The first-order valence-electron chi connectivity index (χ1n) is 6.09. The standard InChI is InChI=1S/C12H16Br2N2O2S/c1-8-6-10(4-5-15-8)16-19(17,18)12-3-2-9(13)7-11(12)14/h2-3,7-8,10,15-16H,4-6H2,1H3. The van der Waals surface area contributed by atoms with Gasteiger partial charge in [0.2, 0.25) is 10.0 Å². The van der Waals surface area contributed by atoms with E-state index in [2.05, 4.69) is 48.8 Å². The van der Waals surface area contributed by atoms with Crippen LogP contribution in [0.2, 0.25) is 0 Å². The largest absolute Gasteiger partial charge is 0.314 e. The zero-order valence-electron chi connectivity index (χ0n) is 10.5.